The first kappa shape index (κ1) is 26.8. The van der Waals surface area contributed by atoms with E-state index in [2.05, 4.69) is 0 Å². The van der Waals surface area contributed by atoms with E-state index in [1.54, 1.807) is 49.4 Å². The monoisotopic (exact) mass is 549 g/mol. The van der Waals surface area contributed by atoms with E-state index in [0.717, 1.165) is 4.90 Å². The third-order valence-corrected chi connectivity index (χ3v) is 6.87. The normalized spacial score (nSPS) is 19.9. The zero-order valence-corrected chi connectivity index (χ0v) is 22.2. The molecular weight excluding hydrogens is 522 g/mol. The van der Waals surface area contributed by atoms with Crippen molar-refractivity contribution in [2.75, 3.05) is 37.9 Å². The molecule has 0 aromatic heterocycles. The second-order valence-corrected chi connectivity index (χ2v) is 8.94. The molecule has 0 aliphatic carbocycles. The van der Waals surface area contributed by atoms with Crippen molar-refractivity contribution >= 4 is 28.9 Å². The van der Waals surface area contributed by atoms with Crippen molar-refractivity contribution in [1.82, 2.24) is 0 Å². The minimum absolute atomic E-state index is 0.180. The van der Waals surface area contributed by atoms with Gasteiger partial charge in [0, 0.05) is 17.7 Å². The van der Waals surface area contributed by atoms with Gasteiger partial charge in [0.25, 0.3) is 11.6 Å². The van der Waals surface area contributed by atoms with E-state index in [1.165, 1.54) is 44.6 Å². The van der Waals surface area contributed by atoms with E-state index in [4.69, 9.17) is 23.8 Å². The number of ether oxygens (including phenoxy) is 4. The quantitative estimate of drug-likeness (QED) is 0.219. The maximum Gasteiger partial charge on any atom is 0.271 e. The predicted octanol–water partition coefficient (Wildman–Crippen LogP) is 4.07. The Morgan fingerprint density at radius 2 is 1.65 bits per heavy atom. The number of rotatable bonds is 9. The average Bonchev–Trinajstić information content (AvgIpc) is 3.48. The summed E-state index contributed by atoms with van der Waals surface area (Å²) in [6.07, 6.45) is -1.22. The number of methoxy groups -OCH3 is 3. The number of benzene rings is 3. The second-order valence-electron chi connectivity index (χ2n) is 8.94. The molecule has 2 aliphatic heterocycles. The van der Waals surface area contributed by atoms with Crippen LogP contribution in [0.15, 0.2) is 60.7 Å². The van der Waals surface area contributed by atoms with Gasteiger partial charge < -0.3 is 18.9 Å². The first-order valence-corrected chi connectivity index (χ1v) is 12.4. The number of carbonyl (C=O) groups is 2. The van der Waals surface area contributed by atoms with Crippen LogP contribution in [0.25, 0.3) is 0 Å². The van der Waals surface area contributed by atoms with Crippen LogP contribution < -0.4 is 28.9 Å². The molecule has 3 atom stereocenters. The van der Waals surface area contributed by atoms with Crippen LogP contribution in [0.2, 0.25) is 0 Å². The van der Waals surface area contributed by atoms with Crippen LogP contribution in [0.5, 0.6) is 23.0 Å². The third-order valence-electron chi connectivity index (χ3n) is 6.87. The largest absolute Gasteiger partial charge is 0.493 e. The Balaban J connectivity index is 1.68. The molecular formula is C28H27N3O9. The molecule has 2 saturated heterocycles. The molecule has 0 bridgehead atoms. The number of amides is 2. The standard InChI is InChI=1S/C28H27N3O9/c1-5-39-20-12-7-6-11-19(20)29-27(32)22-23(18-13-14-21(36-2)25(38-4)24(18)37-3)30(40-26(22)28(29)33)16-9-8-10-17(15-16)31(34)35/h6-15,22-23,26H,5H2,1-4H3. The van der Waals surface area contributed by atoms with Crippen molar-refractivity contribution < 1.29 is 38.3 Å². The van der Waals surface area contributed by atoms with Crippen LogP contribution in [-0.2, 0) is 14.4 Å². The first-order chi connectivity index (χ1) is 19.4. The summed E-state index contributed by atoms with van der Waals surface area (Å²) in [7, 11) is 4.37. The molecule has 3 unspecified atom stereocenters. The second kappa shape index (κ2) is 10.7. The molecule has 2 amide bonds. The summed E-state index contributed by atoms with van der Waals surface area (Å²) >= 11 is 0. The van der Waals surface area contributed by atoms with Crippen molar-refractivity contribution in [3.8, 4) is 23.0 Å². The number of hydrogen-bond donors (Lipinski definition) is 0. The lowest BCUT2D eigenvalue weighted by atomic mass is 9.89. The Kier molecular flexibility index (Phi) is 7.18. The van der Waals surface area contributed by atoms with Gasteiger partial charge in [0.2, 0.25) is 11.7 Å². The molecule has 3 aromatic rings. The molecule has 12 heteroatoms. The van der Waals surface area contributed by atoms with Gasteiger partial charge in [-0.2, -0.15) is 0 Å². The van der Waals surface area contributed by atoms with Gasteiger partial charge in [0.15, 0.2) is 17.6 Å². The fourth-order valence-corrected chi connectivity index (χ4v) is 5.21. The zero-order valence-electron chi connectivity index (χ0n) is 22.2. The summed E-state index contributed by atoms with van der Waals surface area (Å²) in [4.78, 5) is 46.1. The minimum Gasteiger partial charge on any atom is -0.493 e. The summed E-state index contributed by atoms with van der Waals surface area (Å²) in [5.41, 5.74) is 0.867. The fourth-order valence-electron chi connectivity index (χ4n) is 5.21. The molecule has 12 nitrogen and oxygen atoms in total. The summed E-state index contributed by atoms with van der Waals surface area (Å²) in [6.45, 7) is 2.14. The molecule has 0 N–H and O–H groups in total. The van der Waals surface area contributed by atoms with Gasteiger partial charge in [-0.3, -0.25) is 24.5 Å². The van der Waals surface area contributed by atoms with E-state index in [0.29, 0.717) is 29.4 Å². The van der Waals surface area contributed by atoms with Gasteiger partial charge >= 0.3 is 0 Å². The van der Waals surface area contributed by atoms with Crippen LogP contribution in [0.1, 0.15) is 18.5 Å². The van der Waals surface area contributed by atoms with E-state index in [-0.39, 0.29) is 22.9 Å². The molecule has 208 valence electrons. The van der Waals surface area contributed by atoms with E-state index < -0.39 is 34.8 Å². The van der Waals surface area contributed by atoms with Gasteiger partial charge in [-0.05, 0) is 37.3 Å². The van der Waals surface area contributed by atoms with Crippen LogP contribution in [0.4, 0.5) is 17.1 Å². The number of anilines is 2. The number of carbonyl (C=O) groups excluding carboxylic acids is 2. The van der Waals surface area contributed by atoms with Gasteiger partial charge in [0.1, 0.15) is 17.7 Å². The highest BCUT2D eigenvalue weighted by atomic mass is 16.7. The maximum atomic E-state index is 14.1. The van der Waals surface area contributed by atoms with Crippen LogP contribution in [0, 0.1) is 16.0 Å². The number of fused-ring (bicyclic) bond motifs is 1. The van der Waals surface area contributed by atoms with Crippen LogP contribution >= 0.6 is 0 Å². The lowest BCUT2D eigenvalue weighted by molar-refractivity contribution is -0.384. The highest BCUT2D eigenvalue weighted by Gasteiger charge is 2.61. The zero-order chi connectivity index (χ0) is 28.6. The van der Waals surface area contributed by atoms with E-state index in [1.807, 2.05) is 0 Å². The van der Waals surface area contributed by atoms with Gasteiger partial charge in [-0.25, -0.2) is 9.96 Å². The highest BCUT2D eigenvalue weighted by molar-refractivity contribution is 6.24. The number of hydroxylamine groups is 1. The third kappa shape index (κ3) is 4.22. The number of nitrogens with zero attached hydrogens (tertiary/aromatic N) is 3. The van der Waals surface area contributed by atoms with Crippen LogP contribution in [0.3, 0.4) is 0 Å². The number of imide groups is 1. The SMILES string of the molecule is CCOc1ccccc1N1C(=O)C2ON(c3cccc([N+](=O)[O-])c3)C(c3ccc(OC)c(OC)c3OC)C2C1=O. The maximum absolute atomic E-state index is 14.1. The fraction of sp³-hybridized carbons (Fsp3) is 0.286. The number of para-hydroxylation sites is 2. The lowest BCUT2D eigenvalue weighted by Gasteiger charge is -2.30. The number of nitro benzene ring substituents is 1. The van der Waals surface area contributed by atoms with Crippen molar-refractivity contribution in [2.24, 2.45) is 5.92 Å². The molecule has 3 aromatic carbocycles. The first-order valence-electron chi connectivity index (χ1n) is 12.4. The number of nitro groups is 1. The molecule has 2 heterocycles. The minimum atomic E-state index is -1.22. The predicted molar refractivity (Wildman–Crippen MR) is 143 cm³/mol. The van der Waals surface area contributed by atoms with Crippen molar-refractivity contribution in [2.45, 2.75) is 19.1 Å². The topological polar surface area (TPSA) is 130 Å². The Labute approximate surface area is 229 Å². The van der Waals surface area contributed by atoms with E-state index >= 15 is 0 Å². The summed E-state index contributed by atoms with van der Waals surface area (Å²) in [6, 6.07) is 14.9. The van der Waals surface area contributed by atoms with Gasteiger partial charge in [-0.15, -0.1) is 0 Å². The molecule has 0 radical (unpaired) electrons. The average molecular weight is 550 g/mol. The highest BCUT2D eigenvalue weighted by Crippen LogP contribution is 2.53. The summed E-state index contributed by atoms with van der Waals surface area (Å²) in [5, 5.41) is 12.9. The smallest absolute Gasteiger partial charge is 0.271 e. The van der Waals surface area contributed by atoms with Crippen molar-refractivity contribution in [3.05, 3.63) is 76.3 Å². The van der Waals surface area contributed by atoms with Gasteiger partial charge in [-0.1, -0.05) is 18.2 Å². The Hall–Kier alpha value is -4.84. The number of hydrogen-bond acceptors (Lipinski definition) is 10. The summed E-state index contributed by atoms with van der Waals surface area (Å²) < 4.78 is 22.4. The Morgan fingerprint density at radius 3 is 2.33 bits per heavy atom. The van der Waals surface area contributed by atoms with E-state index in [9.17, 15) is 19.7 Å². The molecule has 0 spiro atoms. The van der Waals surface area contributed by atoms with Gasteiger partial charge in [0.05, 0.1) is 44.2 Å². The summed E-state index contributed by atoms with van der Waals surface area (Å²) in [5.74, 6) is -0.825. The number of non-ortho nitro benzene ring substituents is 1. The Bertz CT molecular complexity index is 1480. The molecule has 2 aliphatic rings. The van der Waals surface area contributed by atoms with Crippen molar-refractivity contribution in [1.29, 1.82) is 0 Å². The van der Waals surface area contributed by atoms with Crippen molar-refractivity contribution in [3.63, 3.8) is 0 Å². The molecule has 0 saturated carbocycles. The van der Waals surface area contributed by atoms with Crippen LogP contribution in [-0.4, -0.2) is 50.8 Å². The molecule has 5 rings (SSSR count). The Morgan fingerprint density at radius 1 is 0.900 bits per heavy atom. The molecule has 2 fully saturated rings. The molecule has 40 heavy (non-hydrogen) atoms. The lowest BCUT2D eigenvalue weighted by Crippen LogP contribution is -2.37.